The molecule has 178 valence electrons. The van der Waals surface area contributed by atoms with E-state index in [1.807, 2.05) is 35.2 Å². The Labute approximate surface area is 194 Å². The normalized spacial score (nSPS) is 24.4. The summed E-state index contributed by atoms with van der Waals surface area (Å²) in [6, 6.07) is 12.0. The van der Waals surface area contributed by atoms with Crippen LogP contribution in [0.5, 0.6) is 0 Å². The van der Waals surface area contributed by atoms with Crippen molar-refractivity contribution >= 4 is 23.5 Å². The number of halogens is 3. The molecule has 2 atom stereocenters. The number of urea groups is 1. The number of anilines is 1. The second-order valence-corrected chi connectivity index (χ2v) is 9.34. The number of alkyl halides is 3. The van der Waals surface area contributed by atoms with Gasteiger partial charge in [0.2, 0.25) is 11.8 Å². The highest BCUT2D eigenvalue weighted by Gasteiger charge is 2.64. The molecule has 0 aromatic heterocycles. The van der Waals surface area contributed by atoms with Crippen LogP contribution in [0.4, 0.5) is 23.7 Å². The van der Waals surface area contributed by atoms with E-state index in [2.05, 4.69) is 0 Å². The van der Waals surface area contributed by atoms with E-state index in [0.717, 1.165) is 33.9 Å². The van der Waals surface area contributed by atoms with Gasteiger partial charge in [-0.3, -0.25) is 19.4 Å². The summed E-state index contributed by atoms with van der Waals surface area (Å²) in [5.41, 5.74) is -0.515. The van der Waals surface area contributed by atoms with Gasteiger partial charge in [0.15, 0.2) is 5.41 Å². The average molecular weight is 471 g/mol. The fourth-order valence-corrected chi connectivity index (χ4v) is 5.88. The molecule has 0 aliphatic carbocycles. The molecular weight excluding hydrogens is 447 g/mol. The average Bonchev–Trinajstić information content (AvgIpc) is 2.84. The van der Waals surface area contributed by atoms with Gasteiger partial charge in [0, 0.05) is 26.3 Å². The third-order valence-corrected chi connectivity index (χ3v) is 7.57. The topological polar surface area (TPSA) is 60.9 Å². The van der Waals surface area contributed by atoms with Gasteiger partial charge in [0.25, 0.3) is 0 Å². The number of benzene rings is 2. The molecule has 0 N–H and O–H groups in total. The zero-order valence-corrected chi connectivity index (χ0v) is 18.8. The molecule has 2 fully saturated rings. The van der Waals surface area contributed by atoms with E-state index < -0.39 is 41.0 Å². The van der Waals surface area contributed by atoms with Crippen LogP contribution in [0.15, 0.2) is 48.5 Å². The van der Waals surface area contributed by atoms with Gasteiger partial charge in [0.1, 0.15) is 0 Å². The predicted octanol–water partition coefficient (Wildman–Crippen LogP) is 4.05. The Morgan fingerprint density at radius 1 is 0.941 bits per heavy atom. The standard InChI is InChI=1S/C25H24F3N3O3/c1-29-21(32)24(22(33)30(2)23(29)34)14-17-12-18(25(26,27)28)8-9-19(17)31-11-10-16(13-20(24)31)15-6-4-3-5-7-15/h3-9,12,16,20H,10-11,13-14H2,1-2H3/t16-,20+/m0/s1. The molecule has 0 saturated carbocycles. The van der Waals surface area contributed by atoms with E-state index in [-0.39, 0.29) is 12.3 Å². The summed E-state index contributed by atoms with van der Waals surface area (Å²) in [5.74, 6) is -1.25. The van der Waals surface area contributed by atoms with E-state index >= 15 is 0 Å². The Kier molecular flexibility index (Phi) is 5.00. The van der Waals surface area contributed by atoms with Crippen LogP contribution in [0.25, 0.3) is 0 Å². The number of rotatable bonds is 1. The number of barbiturate groups is 1. The van der Waals surface area contributed by atoms with Gasteiger partial charge in [-0.1, -0.05) is 30.3 Å². The molecule has 34 heavy (non-hydrogen) atoms. The van der Waals surface area contributed by atoms with Crippen molar-refractivity contribution in [2.75, 3.05) is 25.5 Å². The highest BCUT2D eigenvalue weighted by atomic mass is 19.4. The van der Waals surface area contributed by atoms with Crippen LogP contribution >= 0.6 is 0 Å². The number of amides is 4. The maximum absolute atomic E-state index is 13.7. The number of carbonyl (C=O) groups excluding carboxylic acids is 3. The summed E-state index contributed by atoms with van der Waals surface area (Å²) in [7, 11) is 2.64. The number of hydrogen-bond acceptors (Lipinski definition) is 4. The number of piperidine rings is 1. The number of imide groups is 2. The maximum Gasteiger partial charge on any atom is 0.416 e. The Hall–Kier alpha value is -3.36. The lowest BCUT2D eigenvalue weighted by Gasteiger charge is -2.55. The quantitative estimate of drug-likeness (QED) is 0.589. The minimum Gasteiger partial charge on any atom is -0.367 e. The van der Waals surface area contributed by atoms with Crippen LogP contribution in [-0.2, 0) is 22.2 Å². The Morgan fingerprint density at radius 3 is 2.21 bits per heavy atom. The molecule has 0 bridgehead atoms. The van der Waals surface area contributed by atoms with Gasteiger partial charge in [-0.15, -0.1) is 0 Å². The predicted molar refractivity (Wildman–Crippen MR) is 118 cm³/mol. The van der Waals surface area contributed by atoms with Gasteiger partial charge in [-0.25, -0.2) is 4.79 Å². The molecule has 9 heteroatoms. The Morgan fingerprint density at radius 2 is 1.59 bits per heavy atom. The third kappa shape index (κ3) is 3.13. The van der Waals surface area contributed by atoms with Crippen molar-refractivity contribution in [3.05, 3.63) is 65.2 Å². The highest BCUT2D eigenvalue weighted by Crippen LogP contribution is 2.51. The fraction of sp³-hybridized carbons (Fsp3) is 0.400. The van der Waals surface area contributed by atoms with Gasteiger partial charge < -0.3 is 4.90 Å². The molecule has 0 unspecified atom stereocenters. The highest BCUT2D eigenvalue weighted by molar-refractivity contribution is 6.20. The second-order valence-electron chi connectivity index (χ2n) is 9.34. The SMILES string of the molecule is CN1C(=O)N(C)C(=O)C2(Cc3cc(C(F)(F)F)ccc3N3CC[C@H](c4ccccc4)C[C@@H]32)C1=O. The van der Waals surface area contributed by atoms with Crippen LogP contribution < -0.4 is 4.90 Å². The lowest BCUT2D eigenvalue weighted by atomic mass is 9.63. The molecule has 3 aliphatic rings. The monoisotopic (exact) mass is 471 g/mol. The molecule has 2 aromatic rings. The largest absolute Gasteiger partial charge is 0.416 e. The number of nitrogens with zero attached hydrogens (tertiary/aromatic N) is 3. The molecule has 0 radical (unpaired) electrons. The van der Waals surface area contributed by atoms with Crippen LogP contribution in [-0.4, -0.2) is 54.3 Å². The van der Waals surface area contributed by atoms with Crippen molar-refractivity contribution in [1.29, 1.82) is 0 Å². The molecule has 4 amide bonds. The fourth-order valence-electron chi connectivity index (χ4n) is 5.88. The summed E-state index contributed by atoms with van der Waals surface area (Å²) in [6.07, 6.45) is -3.54. The first-order chi connectivity index (χ1) is 16.1. The molecule has 2 aromatic carbocycles. The molecular formula is C25H24F3N3O3. The minimum atomic E-state index is -4.55. The van der Waals surface area contributed by atoms with E-state index in [0.29, 0.717) is 24.2 Å². The smallest absolute Gasteiger partial charge is 0.367 e. The number of fused-ring (bicyclic) bond motifs is 4. The van der Waals surface area contributed by atoms with E-state index in [9.17, 15) is 27.6 Å². The van der Waals surface area contributed by atoms with Crippen molar-refractivity contribution in [2.45, 2.75) is 37.4 Å². The maximum atomic E-state index is 13.7. The minimum absolute atomic E-state index is 0.0733. The lowest BCUT2D eigenvalue weighted by Crippen LogP contribution is -2.72. The first-order valence-electron chi connectivity index (χ1n) is 11.2. The van der Waals surface area contributed by atoms with Gasteiger partial charge in [0.05, 0.1) is 11.6 Å². The van der Waals surface area contributed by atoms with Crippen LogP contribution in [0.3, 0.4) is 0 Å². The second kappa shape index (κ2) is 7.58. The van der Waals surface area contributed by atoms with Crippen molar-refractivity contribution in [3.63, 3.8) is 0 Å². The summed E-state index contributed by atoms with van der Waals surface area (Å²) in [4.78, 5) is 43.6. The van der Waals surface area contributed by atoms with Crippen molar-refractivity contribution < 1.29 is 27.6 Å². The van der Waals surface area contributed by atoms with Crippen LogP contribution in [0.2, 0.25) is 0 Å². The molecule has 6 nitrogen and oxygen atoms in total. The van der Waals surface area contributed by atoms with E-state index in [4.69, 9.17) is 0 Å². The first kappa shape index (κ1) is 22.4. The zero-order valence-electron chi connectivity index (χ0n) is 18.8. The van der Waals surface area contributed by atoms with Gasteiger partial charge in [-0.2, -0.15) is 13.2 Å². The molecule has 3 heterocycles. The Bertz CT molecular complexity index is 1160. The van der Waals surface area contributed by atoms with E-state index in [1.165, 1.54) is 20.2 Å². The van der Waals surface area contributed by atoms with Crippen molar-refractivity contribution in [2.24, 2.45) is 5.41 Å². The Balaban J connectivity index is 1.67. The zero-order chi connectivity index (χ0) is 24.4. The summed E-state index contributed by atoms with van der Waals surface area (Å²) >= 11 is 0. The van der Waals surface area contributed by atoms with Gasteiger partial charge >= 0.3 is 12.2 Å². The number of hydrogen-bond donors (Lipinski definition) is 0. The first-order valence-corrected chi connectivity index (χ1v) is 11.2. The van der Waals surface area contributed by atoms with Crippen LogP contribution in [0, 0.1) is 5.41 Å². The van der Waals surface area contributed by atoms with E-state index in [1.54, 1.807) is 0 Å². The summed E-state index contributed by atoms with van der Waals surface area (Å²) < 4.78 is 40.5. The molecule has 3 aliphatic heterocycles. The third-order valence-electron chi connectivity index (χ3n) is 7.57. The van der Waals surface area contributed by atoms with Crippen molar-refractivity contribution in [3.8, 4) is 0 Å². The lowest BCUT2D eigenvalue weighted by molar-refractivity contribution is -0.159. The molecule has 2 saturated heterocycles. The molecule has 1 spiro atoms. The number of carbonyl (C=O) groups is 3. The van der Waals surface area contributed by atoms with Crippen molar-refractivity contribution in [1.82, 2.24) is 9.80 Å². The molecule has 5 rings (SSSR count). The van der Waals surface area contributed by atoms with Gasteiger partial charge in [-0.05, 0) is 54.5 Å². The van der Waals surface area contributed by atoms with Crippen LogP contribution in [0.1, 0.15) is 35.4 Å². The summed E-state index contributed by atoms with van der Waals surface area (Å²) in [6.45, 7) is 0.478. The summed E-state index contributed by atoms with van der Waals surface area (Å²) in [5, 5.41) is 0.